The molecule has 0 bridgehead atoms. The third-order valence-corrected chi connectivity index (χ3v) is 3.14. The number of halogens is 1. The molecular weight excluding hydrogens is 224 g/mol. The van der Waals surface area contributed by atoms with E-state index in [-0.39, 0.29) is 11.3 Å². The maximum absolute atomic E-state index is 5.89. The molecule has 0 radical (unpaired) electrons. The molecule has 0 spiro atoms. The summed E-state index contributed by atoms with van der Waals surface area (Å²) in [7, 11) is 0. The second-order valence-corrected chi connectivity index (χ2v) is 4.70. The van der Waals surface area contributed by atoms with Gasteiger partial charge in [0.2, 0.25) is 11.8 Å². The lowest BCUT2D eigenvalue weighted by atomic mass is 9.77. The Hall–Kier alpha value is -1.35. The van der Waals surface area contributed by atoms with Crippen molar-refractivity contribution < 1.29 is 4.42 Å². The Kier molecular flexibility index (Phi) is 2.21. The Morgan fingerprint density at radius 1 is 1.38 bits per heavy atom. The lowest BCUT2D eigenvalue weighted by Crippen LogP contribution is -2.18. The van der Waals surface area contributed by atoms with Crippen LogP contribution >= 0.6 is 11.6 Å². The topological polar surface area (TPSA) is 38.9 Å². The number of fused-ring (bicyclic) bond motifs is 1. The van der Waals surface area contributed by atoms with E-state index in [1.165, 1.54) is 11.1 Å². The van der Waals surface area contributed by atoms with Crippen LogP contribution in [0.25, 0.3) is 0 Å². The molecule has 0 amide bonds. The normalized spacial score (nSPS) is 20.0. The Bertz CT molecular complexity index is 521. The average molecular weight is 235 g/mol. The lowest BCUT2D eigenvalue weighted by Gasteiger charge is -2.26. The van der Waals surface area contributed by atoms with Gasteiger partial charge in [-0.1, -0.05) is 24.3 Å². The molecule has 1 aliphatic rings. The van der Waals surface area contributed by atoms with E-state index in [0.717, 1.165) is 6.42 Å². The quantitative estimate of drug-likeness (QED) is 0.750. The van der Waals surface area contributed by atoms with Gasteiger partial charge in [0.25, 0.3) is 0 Å². The molecule has 1 heterocycles. The van der Waals surface area contributed by atoms with Crippen LogP contribution in [0, 0.1) is 0 Å². The Balaban J connectivity index is 1.91. The summed E-state index contributed by atoms with van der Waals surface area (Å²) in [6, 6.07) is 8.33. The van der Waals surface area contributed by atoms with Gasteiger partial charge in [0.1, 0.15) is 5.38 Å². The van der Waals surface area contributed by atoms with Crippen molar-refractivity contribution >= 4 is 11.6 Å². The number of nitrogens with zero attached hydrogens (tertiary/aromatic N) is 2. The van der Waals surface area contributed by atoms with Gasteiger partial charge in [0.15, 0.2) is 0 Å². The first-order valence-corrected chi connectivity index (χ1v) is 5.74. The van der Waals surface area contributed by atoms with Crippen LogP contribution in [0.2, 0.25) is 0 Å². The van der Waals surface area contributed by atoms with E-state index < -0.39 is 0 Å². The van der Waals surface area contributed by atoms with Crippen molar-refractivity contribution in [3.8, 4) is 0 Å². The smallest absolute Gasteiger partial charge is 0.234 e. The Labute approximate surface area is 98.4 Å². The van der Waals surface area contributed by atoms with Crippen LogP contribution < -0.4 is 0 Å². The molecule has 1 aromatic carbocycles. The highest BCUT2D eigenvalue weighted by Crippen LogP contribution is 2.39. The van der Waals surface area contributed by atoms with Gasteiger partial charge in [-0.15, -0.1) is 21.8 Å². The molecule has 3 nitrogen and oxygen atoms in total. The van der Waals surface area contributed by atoms with Crippen LogP contribution in [0.3, 0.4) is 0 Å². The second kappa shape index (κ2) is 3.59. The average Bonchev–Trinajstić information content (AvgIpc) is 2.69. The van der Waals surface area contributed by atoms with Crippen LogP contribution in [0.1, 0.15) is 41.1 Å². The first kappa shape index (κ1) is 9.85. The van der Waals surface area contributed by atoms with Crippen molar-refractivity contribution in [2.45, 2.75) is 24.6 Å². The van der Waals surface area contributed by atoms with E-state index in [9.17, 15) is 0 Å². The molecule has 16 heavy (non-hydrogen) atoms. The zero-order valence-corrected chi connectivity index (χ0v) is 9.61. The highest BCUT2D eigenvalue weighted by atomic mass is 35.5. The van der Waals surface area contributed by atoms with Crippen LogP contribution in [0.4, 0.5) is 0 Å². The van der Waals surface area contributed by atoms with Crippen molar-refractivity contribution in [3.05, 3.63) is 47.2 Å². The highest BCUT2D eigenvalue weighted by molar-refractivity contribution is 6.20. The summed E-state index contributed by atoms with van der Waals surface area (Å²) in [4.78, 5) is 0. The minimum atomic E-state index is -0.225. The summed E-state index contributed by atoms with van der Waals surface area (Å²) >= 11 is 5.89. The minimum absolute atomic E-state index is 0.225. The molecule has 0 saturated carbocycles. The first-order valence-electron chi connectivity index (χ1n) is 5.31. The molecule has 3 rings (SSSR count). The number of alkyl halides is 1. The summed E-state index contributed by atoms with van der Waals surface area (Å²) in [6.45, 7) is 1.83. The first-order chi connectivity index (χ1) is 7.75. The largest absolute Gasteiger partial charge is 0.423 e. The fourth-order valence-electron chi connectivity index (χ4n) is 2.03. The van der Waals surface area contributed by atoms with Crippen LogP contribution in [-0.2, 0) is 6.42 Å². The van der Waals surface area contributed by atoms with Crippen molar-refractivity contribution in [2.75, 3.05) is 0 Å². The zero-order valence-electron chi connectivity index (χ0n) is 8.85. The van der Waals surface area contributed by atoms with Crippen LogP contribution in [0.5, 0.6) is 0 Å². The van der Waals surface area contributed by atoms with E-state index >= 15 is 0 Å². The number of rotatable bonds is 2. The molecule has 1 aromatic heterocycles. The molecule has 4 heteroatoms. The van der Waals surface area contributed by atoms with E-state index in [2.05, 4.69) is 28.4 Å². The SMILES string of the molecule is CC(Cl)c1nnc(C2Cc3ccccc32)o1. The van der Waals surface area contributed by atoms with Crippen molar-refractivity contribution in [3.63, 3.8) is 0 Å². The standard InChI is InChI=1S/C12H11ClN2O/c1-7(13)11-14-15-12(16-11)10-6-8-4-2-3-5-9(8)10/h2-5,7,10H,6H2,1H3. The molecule has 1 aliphatic carbocycles. The fourth-order valence-corrected chi connectivity index (χ4v) is 2.12. The monoisotopic (exact) mass is 234 g/mol. The van der Waals surface area contributed by atoms with E-state index in [1.54, 1.807) is 0 Å². The van der Waals surface area contributed by atoms with Gasteiger partial charge >= 0.3 is 0 Å². The predicted octanol–water partition coefficient (Wildman–Crippen LogP) is 3.06. The number of hydrogen-bond donors (Lipinski definition) is 0. The van der Waals surface area contributed by atoms with Gasteiger partial charge in [-0.2, -0.15) is 0 Å². The maximum atomic E-state index is 5.89. The molecule has 2 unspecified atom stereocenters. The van der Waals surface area contributed by atoms with Gasteiger partial charge in [-0.3, -0.25) is 0 Å². The summed E-state index contributed by atoms with van der Waals surface area (Å²) in [5, 5.41) is 7.77. The number of aromatic nitrogens is 2. The van der Waals surface area contributed by atoms with Crippen molar-refractivity contribution in [2.24, 2.45) is 0 Å². The van der Waals surface area contributed by atoms with Gasteiger partial charge < -0.3 is 4.42 Å². The van der Waals surface area contributed by atoms with Crippen LogP contribution in [0.15, 0.2) is 28.7 Å². The van der Waals surface area contributed by atoms with Gasteiger partial charge in [-0.25, -0.2) is 0 Å². The van der Waals surface area contributed by atoms with Gasteiger partial charge in [0.05, 0.1) is 5.92 Å². The molecule has 0 fully saturated rings. The zero-order chi connectivity index (χ0) is 11.1. The van der Waals surface area contributed by atoms with Crippen molar-refractivity contribution in [1.29, 1.82) is 0 Å². The lowest BCUT2D eigenvalue weighted by molar-refractivity contribution is 0.418. The number of hydrogen-bond acceptors (Lipinski definition) is 3. The van der Waals surface area contributed by atoms with Gasteiger partial charge in [-0.05, 0) is 24.5 Å². The summed E-state index contributed by atoms with van der Waals surface area (Å²) in [5.41, 5.74) is 2.66. The summed E-state index contributed by atoms with van der Waals surface area (Å²) in [5.74, 6) is 1.44. The molecule has 2 atom stereocenters. The fraction of sp³-hybridized carbons (Fsp3) is 0.333. The van der Waals surface area contributed by atoms with Gasteiger partial charge in [0, 0.05) is 0 Å². The molecule has 82 valence electrons. The highest BCUT2D eigenvalue weighted by Gasteiger charge is 2.31. The minimum Gasteiger partial charge on any atom is -0.423 e. The van der Waals surface area contributed by atoms with Crippen molar-refractivity contribution in [1.82, 2.24) is 10.2 Å². The second-order valence-electron chi connectivity index (χ2n) is 4.05. The van der Waals surface area contributed by atoms with Crippen LogP contribution in [-0.4, -0.2) is 10.2 Å². The van der Waals surface area contributed by atoms with E-state index in [0.29, 0.717) is 11.8 Å². The Morgan fingerprint density at radius 3 is 2.88 bits per heavy atom. The molecule has 0 N–H and O–H groups in total. The Morgan fingerprint density at radius 2 is 2.19 bits per heavy atom. The molecule has 0 aliphatic heterocycles. The predicted molar refractivity (Wildman–Crippen MR) is 60.6 cm³/mol. The number of benzene rings is 1. The third kappa shape index (κ3) is 1.43. The van der Waals surface area contributed by atoms with E-state index in [1.807, 2.05) is 13.0 Å². The molecule has 0 saturated heterocycles. The maximum Gasteiger partial charge on any atom is 0.234 e. The summed E-state index contributed by atoms with van der Waals surface area (Å²) in [6.07, 6.45) is 0.981. The molecular formula is C12H11ClN2O. The summed E-state index contributed by atoms with van der Waals surface area (Å²) < 4.78 is 5.55. The van der Waals surface area contributed by atoms with E-state index in [4.69, 9.17) is 16.0 Å². The third-order valence-electron chi connectivity index (χ3n) is 2.95. The molecule has 2 aromatic rings.